The molecule has 14 heavy (non-hydrogen) atoms. The van der Waals surface area contributed by atoms with Gasteiger partial charge in [-0.1, -0.05) is 6.42 Å². The first kappa shape index (κ1) is 10.7. The van der Waals surface area contributed by atoms with E-state index in [1.54, 1.807) is 0 Å². The Hall–Kier alpha value is 0.140. The minimum absolute atomic E-state index is 0.568. The van der Waals surface area contributed by atoms with E-state index in [1.807, 2.05) is 11.3 Å². The lowest BCUT2D eigenvalue weighted by Gasteiger charge is -2.41. The zero-order valence-electron chi connectivity index (χ0n) is 8.48. The predicted molar refractivity (Wildman–Crippen MR) is 65.9 cm³/mol. The SMILES string of the molecule is CNCC1(Cc2cc(Br)cs2)CCC1. The van der Waals surface area contributed by atoms with Gasteiger partial charge in [0.25, 0.3) is 0 Å². The summed E-state index contributed by atoms with van der Waals surface area (Å²) in [5.41, 5.74) is 0.568. The molecule has 1 heterocycles. The predicted octanol–water partition coefficient (Wildman–Crippen LogP) is 3.44. The molecule has 1 saturated carbocycles. The van der Waals surface area contributed by atoms with Crippen molar-refractivity contribution in [3.8, 4) is 0 Å². The maximum absolute atomic E-state index is 3.51. The molecule has 1 aromatic rings. The fourth-order valence-electron chi connectivity index (χ4n) is 2.28. The first-order chi connectivity index (χ1) is 6.74. The second-order valence-electron chi connectivity index (χ2n) is 4.29. The van der Waals surface area contributed by atoms with Crippen molar-refractivity contribution in [2.45, 2.75) is 25.7 Å². The van der Waals surface area contributed by atoms with Crippen LogP contribution < -0.4 is 5.32 Å². The van der Waals surface area contributed by atoms with Crippen LogP contribution in [0.5, 0.6) is 0 Å². The van der Waals surface area contributed by atoms with E-state index in [2.05, 4.69) is 39.7 Å². The van der Waals surface area contributed by atoms with Crippen LogP contribution in [-0.4, -0.2) is 13.6 Å². The molecule has 0 spiro atoms. The summed E-state index contributed by atoms with van der Waals surface area (Å²) in [7, 11) is 2.06. The Morgan fingerprint density at radius 2 is 2.36 bits per heavy atom. The number of hydrogen-bond donors (Lipinski definition) is 1. The molecular weight excluding hydrogens is 258 g/mol. The van der Waals surface area contributed by atoms with Crippen LogP contribution in [0.3, 0.4) is 0 Å². The molecule has 1 aliphatic carbocycles. The number of nitrogens with one attached hydrogen (secondary N) is 1. The second kappa shape index (κ2) is 4.33. The fraction of sp³-hybridized carbons (Fsp3) is 0.636. The largest absolute Gasteiger partial charge is 0.319 e. The summed E-state index contributed by atoms with van der Waals surface area (Å²) in [6.45, 7) is 1.17. The topological polar surface area (TPSA) is 12.0 Å². The molecule has 0 amide bonds. The Morgan fingerprint density at radius 1 is 1.57 bits per heavy atom. The van der Waals surface area contributed by atoms with Crippen molar-refractivity contribution in [2.75, 3.05) is 13.6 Å². The quantitative estimate of drug-likeness (QED) is 0.886. The molecule has 3 heteroatoms. The van der Waals surface area contributed by atoms with Crippen LogP contribution in [-0.2, 0) is 6.42 Å². The molecule has 0 bridgehead atoms. The van der Waals surface area contributed by atoms with Crippen molar-refractivity contribution in [3.05, 3.63) is 20.8 Å². The molecule has 1 N–H and O–H groups in total. The Labute approximate surface area is 98.0 Å². The molecule has 78 valence electrons. The first-order valence-corrected chi connectivity index (χ1v) is 6.79. The molecule has 2 rings (SSSR count). The highest BCUT2D eigenvalue weighted by atomic mass is 79.9. The Balaban J connectivity index is 2.01. The van der Waals surface area contributed by atoms with Crippen molar-refractivity contribution in [2.24, 2.45) is 5.41 Å². The maximum Gasteiger partial charge on any atom is 0.0285 e. The highest BCUT2D eigenvalue weighted by Crippen LogP contribution is 2.44. The molecule has 1 fully saturated rings. The van der Waals surface area contributed by atoms with Crippen LogP contribution in [0, 0.1) is 5.41 Å². The summed E-state index contributed by atoms with van der Waals surface area (Å²) >= 11 is 5.39. The van der Waals surface area contributed by atoms with Gasteiger partial charge in [-0.3, -0.25) is 0 Å². The zero-order chi connectivity index (χ0) is 10.0. The first-order valence-electron chi connectivity index (χ1n) is 5.12. The highest BCUT2D eigenvalue weighted by Gasteiger charge is 2.36. The van der Waals surface area contributed by atoms with Gasteiger partial charge in [-0.15, -0.1) is 11.3 Å². The van der Waals surface area contributed by atoms with E-state index in [-0.39, 0.29) is 0 Å². The van der Waals surface area contributed by atoms with Crippen LogP contribution in [0.25, 0.3) is 0 Å². The number of halogens is 1. The number of thiophene rings is 1. The van der Waals surface area contributed by atoms with Crippen LogP contribution >= 0.6 is 27.3 Å². The van der Waals surface area contributed by atoms with Crippen molar-refractivity contribution >= 4 is 27.3 Å². The van der Waals surface area contributed by atoms with E-state index < -0.39 is 0 Å². The third-order valence-corrected chi connectivity index (χ3v) is 4.83. The molecule has 0 saturated heterocycles. The van der Waals surface area contributed by atoms with Gasteiger partial charge in [0.2, 0.25) is 0 Å². The van der Waals surface area contributed by atoms with Crippen molar-refractivity contribution in [1.29, 1.82) is 0 Å². The van der Waals surface area contributed by atoms with E-state index in [0.717, 1.165) is 0 Å². The van der Waals surface area contributed by atoms with Gasteiger partial charge in [-0.2, -0.15) is 0 Å². The summed E-state index contributed by atoms with van der Waals surface area (Å²) in [6.07, 6.45) is 5.45. The monoisotopic (exact) mass is 273 g/mol. The molecule has 0 radical (unpaired) electrons. The molecular formula is C11H16BrNS. The summed E-state index contributed by atoms with van der Waals surface area (Å²) in [5.74, 6) is 0. The van der Waals surface area contributed by atoms with Gasteiger partial charge in [-0.25, -0.2) is 0 Å². The van der Waals surface area contributed by atoms with Gasteiger partial charge < -0.3 is 5.32 Å². The summed E-state index contributed by atoms with van der Waals surface area (Å²) in [5, 5.41) is 5.51. The molecule has 0 unspecified atom stereocenters. The molecule has 1 nitrogen and oxygen atoms in total. The average molecular weight is 274 g/mol. The van der Waals surface area contributed by atoms with E-state index in [4.69, 9.17) is 0 Å². The van der Waals surface area contributed by atoms with Gasteiger partial charge in [0, 0.05) is 21.3 Å². The zero-order valence-corrected chi connectivity index (χ0v) is 10.9. The third-order valence-electron chi connectivity index (χ3n) is 3.14. The van der Waals surface area contributed by atoms with Crippen LogP contribution in [0.15, 0.2) is 15.9 Å². The van der Waals surface area contributed by atoms with Gasteiger partial charge in [0.15, 0.2) is 0 Å². The molecule has 0 atom stereocenters. The molecule has 0 aliphatic heterocycles. The van der Waals surface area contributed by atoms with Gasteiger partial charge in [0.05, 0.1) is 0 Å². The maximum atomic E-state index is 3.51. The number of rotatable bonds is 4. The van der Waals surface area contributed by atoms with Crippen LogP contribution in [0.4, 0.5) is 0 Å². The number of hydrogen-bond acceptors (Lipinski definition) is 2. The smallest absolute Gasteiger partial charge is 0.0285 e. The Morgan fingerprint density at radius 3 is 2.79 bits per heavy atom. The van der Waals surface area contributed by atoms with Crippen molar-refractivity contribution in [1.82, 2.24) is 5.32 Å². The second-order valence-corrected chi connectivity index (χ2v) is 6.20. The molecule has 1 aromatic heterocycles. The van der Waals surface area contributed by atoms with Gasteiger partial charge in [0.1, 0.15) is 0 Å². The van der Waals surface area contributed by atoms with Crippen molar-refractivity contribution < 1.29 is 0 Å². The lowest BCUT2D eigenvalue weighted by atomic mass is 9.66. The molecule has 0 aromatic carbocycles. The van der Waals surface area contributed by atoms with Crippen molar-refractivity contribution in [3.63, 3.8) is 0 Å². The molecule has 1 aliphatic rings. The highest BCUT2D eigenvalue weighted by molar-refractivity contribution is 9.10. The third kappa shape index (κ3) is 2.20. The Bertz CT molecular complexity index is 304. The van der Waals surface area contributed by atoms with E-state index in [9.17, 15) is 0 Å². The normalized spacial score (nSPS) is 19.3. The summed E-state index contributed by atoms with van der Waals surface area (Å²) in [4.78, 5) is 1.52. The van der Waals surface area contributed by atoms with E-state index in [1.165, 1.54) is 41.6 Å². The van der Waals surface area contributed by atoms with E-state index in [0.29, 0.717) is 5.41 Å². The average Bonchev–Trinajstić information content (AvgIpc) is 2.48. The van der Waals surface area contributed by atoms with Crippen LogP contribution in [0.1, 0.15) is 24.1 Å². The van der Waals surface area contributed by atoms with Gasteiger partial charge >= 0.3 is 0 Å². The fourth-order valence-corrected chi connectivity index (χ4v) is 3.91. The Kier molecular flexibility index (Phi) is 3.30. The van der Waals surface area contributed by atoms with Gasteiger partial charge in [-0.05, 0) is 53.7 Å². The summed E-state index contributed by atoms with van der Waals surface area (Å²) in [6, 6.07) is 2.26. The minimum atomic E-state index is 0.568. The standard InChI is InChI=1S/C11H16BrNS/c1-13-8-11(3-2-4-11)6-10-5-9(12)7-14-10/h5,7,13H,2-4,6,8H2,1H3. The lowest BCUT2D eigenvalue weighted by molar-refractivity contribution is 0.135. The van der Waals surface area contributed by atoms with Crippen LogP contribution in [0.2, 0.25) is 0 Å². The minimum Gasteiger partial charge on any atom is -0.319 e. The summed E-state index contributed by atoms with van der Waals surface area (Å²) < 4.78 is 1.23. The lowest BCUT2D eigenvalue weighted by Crippen LogP contribution is -2.40. The van der Waals surface area contributed by atoms with E-state index >= 15 is 0 Å².